The molecule has 0 saturated carbocycles. The van der Waals surface area contributed by atoms with Crippen molar-refractivity contribution in [1.29, 1.82) is 0 Å². The largest absolute Gasteiger partial charge is 0.367 e. The SMILES string of the molecule is c1ccc(C2(c3ccccc3)c3ccccc3N3c4cc5c(sc6ccccc65)c5c4B(c4cccc2c43)n2c3sc4ccccc4c3c3cccc-5c32)cc1. The van der Waals surface area contributed by atoms with Crippen molar-refractivity contribution in [3.63, 3.8) is 0 Å². The van der Waals surface area contributed by atoms with E-state index in [0.29, 0.717) is 0 Å². The first-order chi connectivity index (χ1) is 27.8. The monoisotopic (exact) mass is 744 g/mol. The number of para-hydroxylation sites is 3. The van der Waals surface area contributed by atoms with Crippen LogP contribution < -0.4 is 15.8 Å². The average molecular weight is 745 g/mol. The van der Waals surface area contributed by atoms with Gasteiger partial charge in [0.25, 0.3) is 0 Å². The molecule has 5 heteroatoms. The molecule has 0 unspecified atom stereocenters. The van der Waals surface area contributed by atoms with Gasteiger partial charge in [-0.05, 0) is 57.4 Å². The van der Waals surface area contributed by atoms with Crippen LogP contribution in [-0.2, 0) is 5.41 Å². The minimum Gasteiger partial charge on any atom is -0.367 e. The van der Waals surface area contributed by atoms with Gasteiger partial charge in [-0.2, -0.15) is 0 Å². The van der Waals surface area contributed by atoms with Gasteiger partial charge in [-0.15, -0.1) is 22.7 Å². The molecule has 3 aliphatic heterocycles. The summed E-state index contributed by atoms with van der Waals surface area (Å²) < 4.78 is 6.81. The Hall–Kier alpha value is -6.40. The Balaban J connectivity index is 1.23. The van der Waals surface area contributed by atoms with Gasteiger partial charge < -0.3 is 9.38 Å². The minimum atomic E-state index is -0.536. The van der Waals surface area contributed by atoms with Gasteiger partial charge in [0.05, 0.1) is 15.9 Å². The van der Waals surface area contributed by atoms with Crippen LogP contribution in [0.25, 0.3) is 62.5 Å². The molecule has 3 aromatic heterocycles. The summed E-state index contributed by atoms with van der Waals surface area (Å²) in [5.41, 5.74) is 15.3. The number of benzene rings is 8. The van der Waals surface area contributed by atoms with E-state index in [9.17, 15) is 0 Å². The van der Waals surface area contributed by atoms with Gasteiger partial charge >= 0.3 is 6.85 Å². The Morgan fingerprint density at radius 1 is 0.500 bits per heavy atom. The normalized spacial score (nSPS) is 14.5. The van der Waals surface area contributed by atoms with Gasteiger partial charge in [-0.25, -0.2) is 0 Å². The van der Waals surface area contributed by atoms with Gasteiger partial charge in [-0.3, -0.25) is 0 Å². The third kappa shape index (κ3) is 3.39. The quantitative estimate of drug-likeness (QED) is 0.160. The molecule has 14 rings (SSSR count). The maximum atomic E-state index is 2.75. The van der Waals surface area contributed by atoms with Crippen molar-refractivity contribution in [2.75, 3.05) is 4.90 Å². The summed E-state index contributed by atoms with van der Waals surface area (Å²) in [5.74, 6) is 0. The lowest BCUT2D eigenvalue weighted by Gasteiger charge is -2.50. The molecular formula is C51H29BN2S2. The highest BCUT2D eigenvalue weighted by molar-refractivity contribution is 7.27. The first-order valence-electron chi connectivity index (χ1n) is 19.4. The summed E-state index contributed by atoms with van der Waals surface area (Å²) in [6.07, 6.45) is 0. The molecule has 258 valence electrons. The number of nitrogens with zero attached hydrogens (tertiary/aromatic N) is 2. The predicted octanol–water partition coefficient (Wildman–Crippen LogP) is 12.5. The van der Waals surface area contributed by atoms with Crippen molar-refractivity contribution in [1.82, 2.24) is 4.48 Å². The van der Waals surface area contributed by atoms with Crippen molar-refractivity contribution < 1.29 is 0 Å². The molecule has 0 fully saturated rings. The van der Waals surface area contributed by atoms with Crippen molar-refractivity contribution in [2.24, 2.45) is 0 Å². The smallest absolute Gasteiger partial charge is 0.333 e. The standard InChI is InChI=1S/C51H29BN2S2/c1-3-15-30(16-4-1)51(31-17-5-2-6-18-31)37-23-9-10-26-40(37)53-41-29-36-32-19-7-11-27-42(32)55-49(36)45-35-22-13-21-34-44-33-20-8-12-28-43(33)56-50(44)54(47(34)35)52(46(41)45)39-25-14-24-38(51)48(39)53/h1-29H. The highest BCUT2D eigenvalue weighted by Crippen LogP contribution is 2.60. The summed E-state index contributed by atoms with van der Waals surface area (Å²) in [6, 6.07) is 66.5. The molecule has 3 aliphatic rings. The van der Waals surface area contributed by atoms with Crippen LogP contribution in [0.15, 0.2) is 176 Å². The molecule has 0 saturated heterocycles. The molecule has 0 spiro atoms. The number of hydrogen-bond acceptors (Lipinski definition) is 3. The van der Waals surface area contributed by atoms with Crippen LogP contribution in [0.1, 0.15) is 22.3 Å². The van der Waals surface area contributed by atoms with Gasteiger partial charge in [-0.1, -0.05) is 152 Å². The number of anilines is 3. The predicted molar refractivity (Wildman–Crippen MR) is 240 cm³/mol. The molecule has 0 bridgehead atoms. The molecule has 0 N–H and O–H groups in total. The van der Waals surface area contributed by atoms with E-state index in [1.165, 1.54) is 113 Å². The lowest BCUT2D eigenvalue weighted by Crippen LogP contribution is -2.58. The van der Waals surface area contributed by atoms with Crippen molar-refractivity contribution in [3.05, 3.63) is 198 Å². The van der Waals surface area contributed by atoms with Crippen LogP contribution in [0, 0.1) is 0 Å². The van der Waals surface area contributed by atoms with E-state index in [2.05, 4.69) is 185 Å². The fourth-order valence-corrected chi connectivity index (χ4v) is 13.5. The first-order valence-corrected chi connectivity index (χ1v) is 21.0. The van der Waals surface area contributed by atoms with Crippen molar-refractivity contribution >= 4 is 109 Å². The molecular weight excluding hydrogens is 716 g/mol. The zero-order valence-corrected chi connectivity index (χ0v) is 31.7. The van der Waals surface area contributed by atoms with E-state index < -0.39 is 5.41 Å². The van der Waals surface area contributed by atoms with Crippen LogP contribution in [0.3, 0.4) is 0 Å². The fourth-order valence-electron chi connectivity index (χ4n) is 11.0. The first kappa shape index (κ1) is 29.9. The number of fused-ring (bicyclic) bond motifs is 15. The fraction of sp³-hybridized carbons (Fsp3) is 0.0196. The number of hydrogen-bond donors (Lipinski definition) is 0. The molecule has 0 amide bonds. The Kier molecular flexibility index (Phi) is 5.59. The lowest BCUT2D eigenvalue weighted by atomic mass is 9.44. The zero-order valence-electron chi connectivity index (χ0n) is 30.0. The van der Waals surface area contributed by atoms with Gasteiger partial charge in [0.15, 0.2) is 0 Å². The number of aromatic nitrogens is 1. The van der Waals surface area contributed by atoms with Gasteiger partial charge in [0, 0.05) is 69.0 Å². The van der Waals surface area contributed by atoms with Crippen LogP contribution in [0.2, 0.25) is 0 Å². The van der Waals surface area contributed by atoms with Crippen molar-refractivity contribution in [2.45, 2.75) is 5.41 Å². The summed E-state index contributed by atoms with van der Waals surface area (Å²) in [5, 5.41) is 6.74. The Morgan fingerprint density at radius 3 is 1.95 bits per heavy atom. The molecule has 8 aromatic carbocycles. The van der Waals surface area contributed by atoms with E-state index in [1.807, 2.05) is 22.7 Å². The third-order valence-electron chi connectivity index (χ3n) is 13.0. The van der Waals surface area contributed by atoms with Crippen LogP contribution >= 0.6 is 22.7 Å². The average Bonchev–Trinajstić information content (AvgIpc) is 3.93. The number of thiophene rings is 2. The van der Waals surface area contributed by atoms with Gasteiger partial charge in [0.1, 0.15) is 0 Å². The van der Waals surface area contributed by atoms with E-state index in [-0.39, 0.29) is 6.85 Å². The molecule has 0 aliphatic carbocycles. The maximum absolute atomic E-state index is 2.75. The molecule has 0 atom stereocenters. The topological polar surface area (TPSA) is 8.17 Å². The Bertz CT molecular complexity index is 3460. The number of rotatable bonds is 2. The molecule has 6 heterocycles. The van der Waals surface area contributed by atoms with E-state index >= 15 is 0 Å². The molecule has 11 aromatic rings. The van der Waals surface area contributed by atoms with Crippen LogP contribution in [-0.4, -0.2) is 11.3 Å². The highest BCUT2D eigenvalue weighted by Gasteiger charge is 2.52. The summed E-state index contributed by atoms with van der Waals surface area (Å²) in [6.45, 7) is -0.0155. The minimum absolute atomic E-state index is 0.0155. The Labute approximate surface area is 331 Å². The Morgan fingerprint density at radius 2 is 1.14 bits per heavy atom. The lowest BCUT2D eigenvalue weighted by molar-refractivity contribution is 0.732. The highest BCUT2D eigenvalue weighted by atomic mass is 32.1. The van der Waals surface area contributed by atoms with Crippen LogP contribution in [0.4, 0.5) is 17.1 Å². The zero-order chi connectivity index (χ0) is 36.3. The van der Waals surface area contributed by atoms with E-state index in [1.54, 1.807) is 0 Å². The second-order valence-electron chi connectivity index (χ2n) is 15.5. The second kappa shape index (κ2) is 10.5. The third-order valence-corrected chi connectivity index (χ3v) is 15.4. The van der Waals surface area contributed by atoms with Gasteiger partial charge in [0.2, 0.25) is 0 Å². The summed E-state index contributed by atoms with van der Waals surface area (Å²) in [4.78, 5) is 4.01. The van der Waals surface area contributed by atoms with Crippen LogP contribution in [0.5, 0.6) is 0 Å². The second-order valence-corrected chi connectivity index (χ2v) is 17.6. The molecule has 56 heavy (non-hydrogen) atoms. The van der Waals surface area contributed by atoms with Crippen molar-refractivity contribution in [3.8, 4) is 11.1 Å². The summed E-state index contributed by atoms with van der Waals surface area (Å²) in [7, 11) is 0. The van der Waals surface area contributed by atoms with E-state index in [0.717, 1.165) is 0 Å². The summed E-state index contributed by atoms with van der Waals surface area (Å²) >= 11 is 3.90. The van der Waals surface area contributed by atoms with E-state index in [4.69, 9.17) is 0 Å². The maximum Gasteiger partial charge on any atom is 0.333 e. The molecule has 0 radical (unpaired) electrons. The molecule has 2 nitrogen and oxygen atoms in total.